The molecule has 0 saturated heterocycles. The van der Waals surface area contributed by atoms with E-state index in [1.807, 2.05) is 6.92 Å². The van der Waals surface area contributed by atoms with Crippen LogP contribution in [-0.4, -0.2) is 18.6 Å². The van der Waals surface area contributed by atoms with E-state index in [1.54, 1.807) is 0 Å². The molecule has 0 bridgehead atoms. The summed E-state index contributed by atoms with van der Waals surface area (Å²) < 4.78 is 0. The van der Waals surface area contributed by atoms with E-state index in [4.69, 9.17) is 22.9 Å². The minimum atomic E-state index is -0.0312. The third-order valence-electron chi connectivity index (χ3n) is 2.89. The van der Waals surface area contributed by atoms with Gasteiger partial charge in [-0.05, 0) is 25.7 Å². The van der Waals surface area contributed by atoms with Gasteiger partial charge in [-0.1, -0.05) is 5.57 Å². The van der Waals surface area contributed by atoms with Gasteiger partial charge in [-0.25, -0.2) is 0 Å². The molecule has 0 heterocycles. The van der Waals surface area contributed by atoms with Crippen molar-refractivity contribution >= 4 is 0 Å². The lowest BCUT2D eigenvalue weighted by molar-refractivity contribution is 0.355. The Morgan fingerprint density at radius 1 is 1.54 bits per heavy atom. The third kappa shape index (κ3) is 2.21. The molecule has 0 aromatic heterocycles. The number of nitrogens with two attached hydrogens (primary N) is 4. The molecule has 1 aliphatic rings. The molecule has 4 nitrogen and oxygen atoms in total. The Balaban J connectivity index is 2.68. The first-order valence-corrected chi connectivity index (χ1v) is 4.72. The van der Waals surface area contributed by atoms with Crippen LogP contribution in [0.15, 0.2) is 11.3 Å². The first-order chi connectivity index (χ1) is 6.06. The molecule has 0 spiro atoms. The Morgan fingerprint density at radius 2 is 2.15 bits per heavy atom. The normalized spacial score (nSPS) is 32.0. The van der Waals surface area contributed by atoms with Crippen molar-refractivity contribution in [2.45, 2.75) is 31.8 Å². The lowest BCUT2D eigenvalue weighted by Crippen LogP contribution is -2.44. The minimum Gasteiger partial charge on any atom is -0.401 e. The van der Waals surface area contributed by atoms with E-state index in [0.29, 0.717) is 12.5 Å². The highest BCUT2D eigenvalue weighted by Gasteiger charge is 2.26. The topological polar surface area (TPSA) is 104 Å². The number of hydrogen-bond acceptors (Lipinski definition) is 4. The van der Waals surface area contributed by atoms with Crippen LogP contribution in [0.3, 0.4) is 0 Å². The van der Waals surface area contributed by atoms with Crippen LogP contribution in [0.2, 0.25) is 0 Å². The molecule has 3 atom stereocenters. The zero-order valence-corrected chi connectivity index (χ0v) is 8.16. The maximum absolute atomic E-state index is 5.87. The monoisotopic (exact) mass is 184 g/mol. The molecule has 13 heavy (non-hydrogen) atoms. The highest BCUT2D eigenvalue weighted by atomic mass is 14.8. The van der Waals surface area contributed by atoms with Crippen LogP contribution < -0.4 is 22.9 Å². The molecule has 0 amide bonds. The van der Waals surface area contributed by atoms with E-state index >= 15 is 0 Å². The zero-order valence-electron chi connectivity index (χ0n) is 8.16. The summed E-state index contributed by atoms with van der Waals surface area (Å²) in [4.78, 5) is 0. The zero-order chi connectivity index (χ0) is 10.0. The van der Waals surface area contributed by atoms with E-state index in [-0.39, 0.29) is 12.1 Å². The smallest absolute Gasteiger partial charge is 0.0445 e. The largest absolute Gasteiger partial charge is 0.401 e. The summed E-state index contributed by atoms with van der Waals surface area (Å²) in [6.45, 7) is 2.54. The van der Waals surface area contributed by atoms with Gasteiger partial charge in [-0.15, -0.1) is 0 Å². The molecular weight excluding hydrogens is 164 g/mol. The van der Waals surface area contributed by atoms with Gasteiger partial charge in [0, 0.05) is 24.3 Å². The lowest BCUT2D eigenvalue weighted by atomic mass is 9.81. The third-order valence-corrected chi connectivity index (χ3v) is 2.89. The van der Waals surface area contributed by atoms with Crippen molar-refractivity contribution in [3.8, 4) is 0 Å². The molecule has 4 heteroatoms. The van der Waals surface area contributed by atoms with Crippen LogP contribution in [0.4, 0.5) is 0 Å². The molecule has 3 unspecified atom stereocenters. The quantitative estimate of drug-likeness (QED) is 0.453. The van der Waals surface area contributed by atoms with Gasteiger partial charge in [0.25, 0.3) is 0 Å². The van der Waals surface area contributed by atoms with Crippen molar-refractivity contribution in [1.29, 1.82) is 0 Å². The summed E-state index contributed by atoms with van der Waals surface area (Å²) >= 11 is 0. The maximum Gasteiger partial charge on any atom is 0.0445 e. The Labute approximate surface area is 79.3 Å². The second-order valence-electron chi connectivity index (χ2n) is 3.94. The maximum atomic E-state index is 5.87. The summed E-state index contributed by atoms with van der Waals surface area (Å²) in [6.07, 6.45) is 1.81. The van der Waals surface area contributed by atoms with E-state index in [9.17, 15) is 0 Å². The summed E-state index contributed by atoms with van der Waals surface area (Å²) in [6, 6.07) is 0.0189. The van der Waals surface area contributed by atoms with Crippen molar-refractivity contribution in [3.63, 3.8) is 0 Å². The van der Waals surface area contributed by atoms with Gasteiger partial charge in [-0.3, -0.25) is 0 Å². The molecule has 0 aromatic carbocycles. The molecular formula is C9H20N4. The first kappa shape index (κ1) is 10.5. The van der Waals surface area contributed by atoms with Gasteiger partial charge in [0.2, 0.25) is 0 Å². The highest BCUT2D eigenvalue weighted by molar-refractivity contribution is 5.19. The summed E-state index contributed by atoms with van der Waals surface area (Å²) in [5.41, 5.74) is 25.1. The fraction of sp³-hybridized carbons (Fsp3) is 0.778. The molecule has 0 saturated carbocycles. The molecule has 76 valence electrons. The Kier molecular flexibility index (Phi) is 3.30. The van der Waals surface area contributed by atoms with Gasteiger partial charge in [0.1, 0.15) is 0 Å². The van der Waals surface area contributed by atoms with E-state index < -0.39 is 0 Å². The Hall–Kier alpha value is -0.580. The highest BCUT2D eigenvalue weighted by Crippen LogP contribution is 2.27. The van der Waals surface area contributed by atoms with Crippen molar-refractivity contribution in [3.05, 3.63) is 11.3 Å². The van der Waals surface area contributed by atoms with Crippen molar-refractivity contribution in [1.82, 2.24) is 0 Å². The fourth-order valence-electron chi connectivity index (χ4n) is 1.88. The first-order valence-electron chi connectivity index (χ1n) is 4.72. The fourth-order valence-corrected chi connectivity index (χ4v) is 1.88. The van der Waals surface area contributed by atoms with Crippen LogP contribution in [0.25, 0.3) is 0 Å². The van der Waals surface area contributed by atoms with Crippen LogP contribution >= 0.6 is 0 Å². The summed E-state index contributed by atoms with van der Waals surface area (Å²) in [7, 11) is 0. The number of hydrogen-bond donors (Lipinski definition) is 4. The van der Waals surface area contributed by atoms with Crippen LogP contribution in [0.1, 0.15) is 19.8 Å². The van der Waals surface area contributed by atoms with Gasteiger partial charge >= 0.3 is 0 Å². The second-order valence-corrected chi connectivity index (χ2v) is 3.94. The standard InChI is InChI=1S/C9H20N4/c1-5-2-6(8(12)4-10)3-7(11)9(5)13/h6-8H,2-4,10-13H2,1H3. The number of allylic oxidation sites excluding steroid dienone is 1. The Morgan fingerprint density at radius 3 is 2.62 bits per heavy atom. The van der Waals surface area contributed by atoms with Crippen molar-refractivity contribution in [2.24, 2.45) is 28.9 Å². The number of rotatable bonds is 2. The van der Waals surface area contributed by atoms with E-state index in [1.165, 1.54) is 5.57 Å². The van der Waals surface area contributed by atoms with Gasteiger partial charge in [0.05, 0.1) is 0 Å². The van der Waals surface area contributed by atoms with Crippen LogP contribution in [0, 0.1) is 5.92 Å². The molecule has 8 N–H and O–H groups in total. The second kappa shape index (κ2) is 4.09. The van der Waals surface area contributed by atoms with Crippen LogP contribution in [0.5, 0.6) is 0 Å². The summed E-state index contributed by atoms with van der Waals surface area (Å²) in [5.74, 6) is 0.396. The van der Waals surface area contributed by atoms with E-state index in [2.05, 4.69) is 0 Å². The Bertz CT molecular complexity index is 212. The predicted octanol–water partition coefficient (Wildman–Crippen LogP) is -0.758. The molecule has 0 radical (unpaired) electrons. The van der Waals surface area contributed by atoms with Crippen LogP contribution in [-0.2, 0) is 0 Å². The molecule has 0 aliphatic heterocycles. The molecule has 0 fully saturated rings. The van der Waals surface area contributed by atoms with Crippen molar-refractivity contribution in [2.75, 3.05) is 6.54 Å². The molecule has 1 aliphatic carbocycles. The predicted molar refractivity (Wildman–Crippen MR) is 54.6 cm³/mol. The summed E-state index contributed by atoms with van der Waals surface area (Å²) in [5, 5.41) is 0. The van der Waals surface area contributed by atoms with Gasteiger partial charge in [0.15, 0.2) is 0 Å². The molecule has 1 rings (SSSR count). The lowest BCUT2D eigenvalue weighted by Gasteiger charge is -2.31. The van der Waals surface area contributed by atoms with Gasteiger partial charge < -0.3 is 22.9 Å². The molecule has 0 aromatic rings. The van der Waals surface area contributed by atoms with Gasteiger partial charge in [-0.2, -0.15) is 0 Å². The van der Waals surface area contributed by atoms with E-state index in [0.717, 1.165) is 18.5 Å². The average Bonchev–Trinajstić information content (AvgIpc) is 2.12. The minimum absolute atomic E-state index is 0.0312. The SMILES string of the molecule is CC1=C(N)C(N)CC(C(N)CN)C1. The average molecular weight is 184 g/mol. The van der Waals surface area contributed by atoms with Crippen molar-refractivity contribution < 1.29 is 0 Å².